The maximum Gasteiger partial charge on any atom is 0.0880 e. The fraction of sp³-hybridized carbons (Fsp3) is 0.0448. The van der Waals surface area contributed by atoms with E-state index in [9.17, 15) is 0 Å². The largest absolute Gasteiger partial charge is 0.328 e. The van der Waals surface area contributed by atoms with Crippen molar-refractivity contribution in [2.24, 2.45) is 0 Å². The SMILES string of the molecule is C1=C(c2ccccc2)SC(N(c2ccc3ccccc3c2)c2ccc(-c3ccc4c(c3)c3ccccc3n4-c3ccc4c(c3)C(c3ccccc3)(c3ccccc3)c3ccccc3-4)c3ccccc23)C1. The molecular formula is C67H46N2S. The molecule has 12 aromatic rings. The van der Waals surface area contributed by atoms with Crippen LogP contribution < -0.4 is 4.90 Å². The molecule has 70 heavy (non-hydrogen) atoms. The lowest BCUT2D eigenvalue weighted by atomic mass is 9.67. The topological polar surface area (TPSA) is 8.17 Å². The molecule has 0 radical (unpaired) electrons. The van der Waals surface area contributed by atoms with Gasteiger partial charge in [-0.1, -0.05) is 212 Å². The first kappa shape index (κ1) is 40.7. The number of hydrogen-bond acceptors (Lipinski definition) is 2. The molecule has 0 amide bonds. The molecule has 2 heterocycles. The Hall–Kier alpha value is -8.37. The molecule has 0 fully saturated rings. The molecule has 330 valence electrons. The molecular weight excluding hydrogens is 865 g/mol. The Bertz CT molecular complexity index is 3980. The highest BCUT2D eigenvalue weighted by Gasteiger charge is 2.46. The molecule has 1 unspecified atom stereocenters. The Morgan fingerprint density at radius 2 is 1.04 bits per heavy atom. The number of fused-ring (bicyclic) bond motifs is 8. The van der Waals surface area contributed by atoms with E-state index in [1.807, 2.05) is 11.8 Å². The lowest BCUT2D eigenvalue weighted by Crippen LogP contribution is -2.28. The molecule has 0 saturated carbocycles. The van der Waals surface area contributed by atoms with Gasteiger partial charge in [-0.05, 0) is 121 Å². The number of thioether (sulfide) groups is 1. The van der Waals surface area contributed by atoms with Crippen molar-refractivity contribution < 1.29 is 0 Å². The van der Waals surface area contributed by atoms with E-state index in [-0.39, 0.29) is 5.37 Å². The van der Waals surface area contributed by atoms with Crippen molar-refractivity contribution in [3.63, 3.8) is 0 Å². The Kier molecular flexibility index (Phi) is 9.53. The van der Waals surface area contributed by atoms with Crippen LogP contribution in [0.4, 0.5) is 11.4 Å². The van der Waals surface area contributed by atoms with Crippen LogP contribution >= 0.6 is 11.8 Å². The summed E-state index contributed by atoms with van der Waals surface area (Å²) in [6.07, 6.45) is 3.36. The normalized spacial score (nSPS) is 14.8. The number of hydrogen-bond donors (Lipinski definition) is 0. The molecule has 14 rings (SSSR count). The number of nitrogens with zero attached hydrogens (tertiary/aromatic N) is 2. The van der Waals surface area contributed by atoms with Gasteiger partial charge in [-0.25, -0.2) is 0 Å². The highest BCUT2D eigenvalue weighted by molar-refractivity contribution is 8.09. The Morgan fingerprint density at radius 3 is 1.84 bits per heavy atom. The predicted octanol–water partition coefficient (Wildman–Crippen LogP) is 17.8. The van der Waals surface area contributed by atoms with Crippen LogP contribution in [0.25, 0.3) is 76.2 Å². The minimum absolute atomic E-state index is 0.187. The van der Waals surface area contributed by atoms with E-state index in [4.69, 9.17) is 0 Å². The summed E-state index contributed by atoms with van der Waals surface area (Å²) < 4.78 is 2.48. The maximum atomic E-state index is 2.59. The number of aromatic nitrogens is 1. The Labute approximate surface area is 412 Å². The van der Waals surface area contributed by atoms with Crippen LogP contribution in [0.5, 0.6) is 0 Å². The van der Waals surface area contributed by atoms with Crippen LogP contribution in [-0.2, 0) is 5.41 Å². The van der Waals surface area contributed by atoms with Crippen molar-refractivity contribution in [2.75, 3.05) is 4.90 Å². The van der Waals surface area contributed by atoms with Crippen LogP contribution in [0.3, 0.4) is 0 Å². The molecule has 11 aromatic carbocycles. The molecule has 0 spiro atoms. The minimum Gasteiger partial charge on any atom is -0.328 e. The zero-order chi connectivity index (χ0) is 46.2. The van der Waals surface area contributed by atoms with Crippen LogP contribution in [0.2, 0.25) is 0 Å². The number of benzene rings is 11. The van der Waals surface area contributed by atoms with Gasteiger partial charge in [0.05, 0.1) is 27.5 Å². The quantitative estimate of drug-likeness (QED) is 0.150. The van der Waals surface area contributed by atoms with Crippen molar-refractivity contribution >= 4 is 71.4 Å². The molecule has 1 aromatic heterocycles. The fourth-order valence-corrected chi connectivity index (χ4v) is 13.2. The van der Waals surface area contributed by atoms with Gasteiger partial charge in [0.2, 0.25) is 0 Å². The van der Waals surface area contributed by atoms with Crippen LogP contribution in [-0.4, -0.2) is 9.94 Å². The van der Waals surface area contributed by atoms with Crippen LogP contribution in [0, 0.1) is 0 Å². The molecule has 1 aliphatic heterocycles. The fourth-order valence-electron chi connectivity index (χ4n) is 11.9. The number of rotatable bonds is 8. The second kappa shape index (κ2) is 16.4. The second-order valence-electron chi connectivity index (χ2n) is 18.7. The van der Waals surface area contributed by atoms with Gasteiger partial charge in [-0.3, -0.25) is 0 Å². The summed E-state index contributed by atoms with van der Waals surface area (Å²) in [7, 11) is 0. The van der Waals surface area contributed by atoms with Gasteiger partial charge in [-0.2, -0.15) is 0 Å². The highest BCUT2D eigenvalue weighted by Crippen LogP contribution is 2.57. The van der Waals surface area contributed by atoms with Crippen LogP contribution in [0.1, 0.15) is 34.2 Å². The van der Waals surface area contributed by atoms with Gasteiger partial charge in [0.25, 0.3) is 0 Å². The van der Waals surface area contributed by atoms with Crippen LogP contribution in [0.15, 0.2) is 261 Å². The summed E-state index contributed by atoms with van der Waals surface area (Å²) in [4.78, 5) is 3.92. The zero-order valence-corrected chi connectivity index (χ0v) is 39.2. The van der Waals surface area contributed by atoms with E-state index in [0.717, 1.165) is 12.1 Å². The Balaban J connectivity index is 0.917. The summed E-state index contributed by atoms with van der Waals surface area (Å²) in [6, 6.07) is 94.6. The predicted molar refractivity (Wildman–Crippen MR) is 298 cm³/mol. The van der Waals surface area contributed by atoms with Gasteiger partial charge < -0.3 is 9.47 Å². The maximum absolute atomic E-state index is 2.59. The molecule has 2 nitrogen and oxygen atoms in total. The summed E-state index contributed by atoms with van der Waals surface area (Å²) in [6.45, 7) is 0. The van der Waals surface area contributed by atoms with Gasteiger partial charge in [0, 0.05) is 32.4 Å². The van der Waals surface area contributed by atoms with Crippen molar-refractivity contribution in [2.45, 2.75) is 17.2 Å². The molecule has 3 heteroatoms. The standard InChI is InChI=1S/C67H46N2S/c1-4-19-46(20-5-1)65-40-41-66(70-65)69(51-34-32-45-18-10-11-21-47(45)42-51)63-39-37-53(54-26-12-13-28-57(54)63)48-33-38-64-59(43-48)58-29-15-17-31-62(58)68(64)52-35-36-56-55-27-14-16-30-60(55)67(61(56)44-52,49-22-6-2-7-23-49)50-24-8-3-9-25-50/h1-40,42-44,66H,41H2. The molecule has 2 aliphatic rings. The summed E-state index contributed by atoms with van der Waals surface area (Å²) in [5.41, 5.74) is 16.9. The van der Waals surface area contributed by atoms with Gasteiger partial charge >= 0.3 is 0 Å². The molecule has 1 atom stereocenters. The lowest BCUT2D eigenvalue weighted by Gasteiger charge is -2.34. The minimum atomic E-state index is -0.482. The van der Waals surface area contributed by atoms with Gasteiger partial charge in [0.15, 0.2) is 0 Å². The number of anilines is 2. The second-order valence-corrected chi connectivity index (χ2v) is 19.9. The first-order chi connectivity index (χ1) is 34.7. The van der Waals surface area contributed by atoms with E-state index in [2.05, 4.69) is 270 Å². The molecule has 1 aliphatic carbocycles. The monoisotopic (exact) mass is 910 g/mol. The zero-order valence-electron chi connectivity index (χ0n) is 38.4. The third-order valence-corrected chi connectivity index (χ3v) is 16.3. The van der Waals surface area contributed by atoms with E-state index in [1.54, 1.807) is 0 Å². The smallest absolute Gasteiger partial charge is 0.0880 e. The van der Waals surface area contributed by atoms with E-state index < -0.39 is 5.41 Å². The van der Waals surface area contributed by atoms with Gasteiger partial charge in [0.1, 0.15) is 0 Å². The van der Waals surface area contributed by atoms with Crippen molar-refractivity contribution in [3.05, 3.63) is 289 Å². The number of para-hydroxylation sites is 1. The van der Waals surface area contributed by atoms with Crippen molar-refractivity contribution in [1.82, 2.24) is 4.57 Å². The molecule has 0 N–H and O–H groups in total. The van der Waals surface area contributed by atoms with Crippen molar-refractivity contribution in [1.29, 1.82) is 0 Å². The first-order valence-corrected chi connectivity index (χ1v) is 25.2. The Morgan fingerprint density at radius 1 is 0.414 bits per heavy atom. The van der Waals surface area contributed by atoms with Crippen molar-refractivity contribution in [3.8, 4) is 27.9 Å². The molecule has 0 bridgehead atoms. The highest BCUT2D eigenvalue weighted by atomic mass is 32.2. The summed E-state index contributed by atoms with van der Waals surface area (Å²) in [5, 5.41) is 7.64. The van der Waals surface area contributed by atoms with Gasteiger partial charge in [-0.15, -0.1) is 11.8 Å². The first-order valence-electron chi connectivity index (χ1n) is 24.3. The van der Waals surface area contributed by atoms with E-state index in [0.29, 0.717) is 0 Å². The van der Waals surface area contributed by atoms with E-state index >= 15 is 0 Å². The lowest BCUT2D eigenvalue weighted by molar-refractivity contribution is 0.767. The third-order valence-electron chi connectivity index (χ3n) is 15.0. The molecule has 0 saturated heterocycles. The summed E-state index contributed by atoms with van der Waals surface area (Å²) >= 11 is 1.96. The van der Waals surface area contributed by atoms with E-state index in [1.165, 1.54) is 110 Å². The summed E-state index contributed by atoms with van der Waals surface area (Å²) in [5.74, 6) is 0. The third kappa shape index (κ3) is 6.28. The average Bonchev–Trinajstić information content (AvgIpc) is 4.14. The average molecular weight is 911 g/mol.